The minimum absolute atomic E-state index is 0.0350. The largest absolute Gasteiger partial charge is 0.495 e. The molecule has 0 amide bonds. The normalized spacial score (nSPS) is 13.7. The van der Waals surface area contributed by atoms with Crippen molar-refractivity contribution in [2.75, 3.05) is 7.11 Å². The van der Waals surface area contributed by atoms with Crippen LogP contribution in [0.25, 0.3) is 0 Å². The first-order valence-electron chi connectivity index (χ1n) is 13.0. The van der Waals surface area contributed by atoms with E-state index in [1.807, 2.05) is 32.9 Å². The molecular weight excluding hydrogens is 476 g/mol. The molecule has 5 nitrogen and oxygen atoms in total. The second-order valence-corrected chi connectivity index (χ2v) is 10.9. The molecule has 198 valence electrons. The summed E-state index contributed by atoms with van der Waals surface area (Å²) in [4.78, 5) is 13.2. The first-order chi connectivity index (χ1) is 18.0. The lowest BCUT2D eigenvalue weighted by Crippen LogP contribution is -2.16. The number of hydrogen-bond acceptors (Lipinski definition) is 5. The average Bonchev–Trinajstić information content (AvgIpc) is 2.85. The summed E-state index contributed by atoms with van der Waals surface area (Å²) in [6, 6.07) is 15.8. The zero-order chi connectivity index (χ0) is 27.6. The van der Waals surface area contributed by atoms with Gasteiger partial charge < -0.3 is 19.3 Å². The Morgan fingerprint density at radius 1 is 1.05 bits per heavy atom. The van der Waals surface area contributed by atoms with Crippen molar-refractivity contribution in [3.63, 3.8) is 0 Å². The molecule has 5 heteroatoms. The number of aliphatic hydroxyl groups is 1. The smallest absolute Gasteiger partial charge is 0.346 e. The maximum absolute atomic E-state index is 13.2. The Balaban J connectivity index is 1.80. The minimum atomic E-state index is -0.783. The van der Waals surface area contributed by atoms with E-state index in [4.69, 9.17) is 14.2 Å². The number of benzene rings is 3. The van der Waals surface area contributed by atoms with Crippen molar-refractivity contribution in [3.05, 3.63) is 87.5 Å². The predicted octanol–water partition coefficient (Wildman–Crippen LogP) is 7.18. The Morgan fingerprint density at radius 3 is 2.42 bits per heavy atom. The molecule has 0 saturated heterocycles. The molecule has 1 N–H and O–H groups in total. The van der Waals surface area contributed by atoms with Crippen LogP contribution in [0.2, 0.25) is 0 Å². The topological polar surface area (TPSA) is 65.0 Å². The molecule has 0 spiro atoms. The standard InChI is InChI=1S/C33H36O5/c1-20(2)16-27(34)26-12-13-28-29(31(26)36-7)32(35)37-19-24-18-22(4)17-23(30(24)38-28)14-15-33(5,6)25-10-8-21(3)9-11-25/h8-13,17-18,20,27,34H,16,19H2,1-7H3. The van der Waals surface area contributed by atoms with Crippen molar-refractivity contribution in [2.45, 2.75) is 66.1 Å². The van der Waals surface area contributed by atoms with E-state index in [1.54, 1.807) is 12.1 Å². The number of fused-ring (bicyclic) bond motifs is 2. The van der Waals surface area contributed by atoms with E-state index in [0.717, 1.165) is 16.7 Å². The molecule has 0 aromatic heterocycles. The molecule has 0 fully saturated rings. The van der Waals surface area contributed by atoms with E-state index in [2.05, 4.69) is 56.9 Å². The highest BCUT2D eigenvalue weighted by atomic mass is 16.5. The molecule has 38 heavy (non-hydrogen) atoms. The van der Waals surface area contributed by atoms with Gasteiger partial charge in [-0.1, -0.05) is 55.5 Å². The summed E-state index contributed by atoms with van der Waals surface area (Å²) in [5.41, 5.74) is 5.09. The molecule has 1 aliphatic rings. The van der Waals surface area contributed by atoms with Crippen molar-refractivity contribution in [2.24, 2.45) is 5.92 Å². The van der Waals surface area contributed by atoms with Crippen LogP contribution in [-0.4, -0.2) is 18.2 Å². The number of carbonyl (C=O) groups excluding carboxylic acids is 1. The molecule has 1 unspecified atom stereocenters. The summed E-state index contributed by atoms with van der Waals surface area (Å²) in [7, 11) is 1.48. The van der Waals surface area contributed by atoms with Gasteiger partial charge in [-0.3, -0.25) is 0 Å². The first-order valence-corrected chi connectivity index (χ1v) is 13.0. The molecule has 1 aliphatic heterocycles. The zero-order valence-electron chi connectivity index (χ0n) is 23.3. The number of methoxy groups -OCH3 is 1. The van der Waals surface area contributed by atoms with E-state index >= 15 is 0 Å². The van der Waals surface area contributed by atoms with Crippen LogP contribution in [0.4, 0.5) is 0 Å². The third kappa shape index (κ3) is 5.71. The third-order valence-corrected chi connectivity index (χ3v) is 6.78. The number of aryl methyl sites for hydroxylation is 2. The molecule has 3 aromatic rings. The molecule has 4 rings (SSSR count). The fourth-order valence-electron chi connectivity index (χ4n) is 4.68. The van der Waals surface area contributed by atoms with Gasteiger partial charge in [-0.05, 0) is 75.4 Å². The summed E-state index contributed by atoms with van der Waals surface area (Å²) in [5, 5.41) is 10.8. The maximum Gasteiger partial charge on any atom is 0.346 e. The van der Waals surface area contributed by atoms with E-state index in [-0.39, 0.29) is 29.3 Å². The predicted molar refractivity (Wildman–Crippen MR) is 149 cm³/mol. The van der Waals surface area contributed by atoms with Gasteiger partial charge in [0.2, 0.25) is 0 Å². The van der Waals surface area contributed by atoms with Crippen LogP contribution < -0.4 is 9.47 Å². The summed E-state index contributed by atoms with van der Waals surface area (Å²) < 4.78 is 17.8. The third-order valence-electron chi connectivity index (χ3n) is 6.78. The first kappa shape index (κ1) is 27.3. The lowest BCUT2D eigenvalue weighted by Gasteiger charge is -2.24. The molecule has 0 saturated carbocycles. The van der Waals surface area contributed by atoms with Crippen molar-refractivity contribution >= 4 is 5.97 Å². The van der Waals surface area contributed by atoms with Gasteiger partial charge in [-0.15, -0.1) is 0 Å². The van der Waals surface area contributed by atoms with Gasteiger partial charge in [-0.2, -0.15) is 0 Å². The van der Waals surface area contributed by atoms with E-state index in [0.29, 0.717) is 29.0 Å². The average molecular weight is 513 g/mol. The molecule has 1 atom stereocenters. The molecule has 3 aromatic carbocycles. The highest BCUT2D eigenvalue weighted by Gasteiger charge is 2.30. The molecule has 0 bridgehead atoms. The fourth-order valence-corrected chi connectivity index (χ4v) is 4.68. The van der Waals surface area contributed by atoms with Gasteiger partial charge in [0.25, 0.3) is 0 Å². The summed E-state index contributed by atoms with van der Waals surface area (Å²) >= 11 is 0. The Morgan fingerprint density at radius 2 is 1.76 bits per heavy atom. The van der Waals surface area contributed by atoms with Crippen molar-refractivity contribution in [3.8, 4) is 29.1 Å². The lowest BCUT2D eigenvalue weighted by molar-refractivity contribution is 0.0454. The number of cyclic esters (lactones) is 1. The van der Waals surface area contributed by atoms with Crippen molar-refractivity contribution in [1.29, 1.82) is 0 Å². The summed E-state index contributed by atoms with van der Waals surface area (Å²) in [5.74, 6) is 7.60. The van der Waals surface area contributed by atoms with Crippen LogP contribution in [0, 0.1) is 31.6 Å². The van der Waals surface area contributed by atoms with Crippen LogP contribution in [0.3, 0.4) is 0 Å². The van der Waals surface area contributed by atoms with Crippen LogP contribution in [0.5, 0.6) is 17.2 Å². The van der Waals surface area contributed by atoms with Gasteiger partial charge in [-0.25, -0.2) is 4.79 Å². The number of rotatable bonds is 5. The Kier molecular flexibility index (Phi) is 7.85. The van der Waals surface area contributed by atoms with Crippen LogP contribution in [0.15, 0.2) is 48.5 Å². The molecule has 0 aliphatic carbocycles. The Hall–Kier alpha value is -3.75. The lowest BCUT2D eigenvalue weighted by atomic mass is 9.84. The van der Waals surface area contributed by atoms with Gasteiger partial charge in [0.05, 0.1) is 24.2 Å². The Bertz CT molecular complexity index is 1400. The number of hydrogen-bond donors (Lipinski definition) is 1. The quantitative estimate of drug-likeness (QED) is 0.290. The second-order valence-electron chi connectivity index (χ2n) is 10.9. The summed E-state index contributed by atoms with van der Waals surface area (Å²) in [6.45, 7) is 12.3. The highest BCUT2D eigenvalue weighted by Crippen LogP contribution is 2.42. The van der Waals surface area contributed by atoms with Crippen LogP contribution in [0.1, 0.15) is 84.0 Å². The monoisotopic (exact) mass is 512 g/mol. The number of esters is 1. The molecule has 1 heterocycles. The number of carbonyl (C=O) groups is 1. The SMILES string of the molecule is COc1c(C(O)CC(C)C)ccc2c1C(=O)OCc1cc(C)cc(C#CC(C)(C)c3ccc(C)cc3)c1O2. The van der Waals surface area contributed by atoms with Crippen LogP contribution in [-0.2, 0) is 16.8 Å². The number of ether oxygens (including phenoxy) is 3. The van der Waals surface area contributed by atoms with Crippen molar-refractivity contribution < 1.29 is 24.1 Å². The van der Waals surface area contributed by atoms with E-state index in [9.17, 15) is 9.90 Å². The molecular formula is C33H36O5. The van der Waals surface area contributed by atoms with Gasteiger partial charge in [0.15, 0.2) is 0 Å². The highest BCUT2D eigenvalue weighted by molar-refractivity contribution is 5.96. The van der Waals surface area contributed by atoms with Gasteiger partial charge in [0, 0.05) is 11.1 Å². The van der Waals surface area contributed by atoms with Crippen LogP contribution >= 0.6 is 0 Å². The second kappa shape index (κ2) is 10.9. The molecule has 0 radical (unpaired) electrons. The Labute approximate surface area is 225 Å². The number of aliphatic hydroxyl groups excluding tert-OH is 1. The maximum atomic E-state index is 13.2. The van der Waals surface area contributed by atoms with Gasteiger partial charge in [0.1, 0.15) is 29.4 Å². The van der Waals surface area contributed by atoms with Gasteiger partial charge >= 0.3 is 5.97 Å². The van der Waals surface area contributed by atoms with E-state index in [1.165, 1.54) is 12.7 Å². The van der Waals surface area contributed by atoms with E-state index < -0.39 is 12.1 Å². The summed E-state index contributed by atoms with van der Waals surface area (Å²) in [6.07, 6.45) is -0.252. The zero-order valence-corrected chi connectivity index (χ0v) is 23.3. The minimum Gasteiger partial charge on any atom is -0.495 e. The fraction of sp³-hybridized carbons (Fsp3) is 0.364. The van der Waals surface area contributed by atoms with Crippen molar-refractivity contribution in [1.82, 2.24) is 0 Å².